The van der Waals surface area contributed by atoms with Crippen molar-refractivity contribution in [1.29, 1.82) is 0 Å². The molecule has 0 saturated heterocycles. The average molecular weight is 205 g/mol. The summed E-state index contributed by atoms with van der Waals surface area (Å²) in [6, 6.07) is 6.34. The summed E-state index contributed by atoms with van der Waals surface area (Å²) in [4.78, 5) is 0. The molecule has 0 heterocycles. The van der Waals surface area contributed by atoms with Crippen LogP contribution in [-0.2, 0) is 6.42 Å². The van der Waals surface area contributed by atoms with Gasteiger partial charge in [0.2, 0.25) is 0 Å². The summed E-state index contributed by atoms with van der Waals surface area (Å²) in [5.41, 5.74) is 8.70. The van der Waals surface area contributed by atoms with E-state index in [1.54, 1.807) is 7.11 Å². The molecule has 15 heavy (non-hydrogen) atoms. The van der Waals surface area contributed by atoms with Crippen LogP contribution in [0.4, 0.5) is 0 Å². The highest BCUT2D eigenvalue weighted by molar-refractivity contribution is 5.41. The molecule has 2 N–H and O–H groups in total. The maximum atomic E-state index is 5.81. The fourth-order valence-corrected chi connectivity index (χ4v) is 2.18. The van der Waals surface area contributed by atoms with Gasteiger partial charge in [0.15, 0.2) is 0 Å². The van der Waals surface area contributed by atoms with Gasteiger partial charge in [0.25, 0.3) is 0 Å². The molecule has 1 aliphatic rings. The van der Waals surface area contributed by atoms with Crippen LogP contribution >= 0.6 is 0 Å². The molecule has 0 aromatic heterocycles. The van der Waals surface area contributed by atoms with Crippen molar-refractivity contribution in [3.63, 3.8) is 0 Å². The van der Waals surface area contributed by atoms with Gasteiger partial charge in [-0.15, -0.1) is 0 Å². The third kappa shape index (κ3) is 2.00. The van der Waals surface area contributed by atoms with Crippen molar-refractivity contribution in [3.8, 4) is 5.75 Å². The monoisotopic (exact) mass is 205 g/mol. The first-order valence-electron chi connectivity index (χ1n) is 5.53. The normalized spacial score (nSPS) is 17.5. The second-order valence-corrected chi connectivity index (χ2v) is 4.65. The Hall–Kier alpha value is -1.02. The lowest BCUT2D eigenvalue weighted by Crippen LogP contribution is -2.18. The lowest BCUT2D eigenvalue weighted by atomic mass is 9.95. The van der Waals surface area contributed by atoms with Gasteiger partial charge in [0.1, 0.15) is 5.75 Å². The zero-order chi connectivity index (χ0) is 10.9. The summed E-state index contributed by atoms with van der Waals surface area (Å²) >= 11 is 0. The molecule has 0 amide bonds. The van der Waals surface area contributed by atoms with Crippen molar-refractivity contribution in [1.82, 2.24) is 0 Å². The van der Waals surface area contributed by atoms with E-state index >= 15 is 0 Å². The number of ether oxygens (including phenoxy) is 1. The van der Waals surface area contributed by atoms with Crippen molar-refractivity contribution < 1.29 is 4.74 Å². The molecule has 2 rings (SSSR count). The van der Waals surface area contributed by atoms with Crippen LogP contribution in [0.1, 0.15) is 24.0 Å². The zero-order valence-corrected chi connectivity index (χ0v) is 9.55. The summed E-state index contributed by atoms with van der Waals surface area (Å²) < 4.78 is 5.45. The second kappa shape index (κ2) is 3.86. The summed E-state index contributed by atoms with van der Waals surface area (Å²) in [5, 5.41) is 0. The first-order valence-corrected chi connectivity index (χ1v) is 5.53. The van der Waals surface area contributed by atoms with E-state index in [-0.39, 0.29) is 0 Å². The van der Waals surface area contributed by atoms with E-state index in [0.29, 0.717) is 5.41 Å². The number of methoxy groups -OCH3 is 1. The first-order chi connectivity index (χ1) is 7.21. The number of nitrogens with two attached hydrogens (primary N) is 1. The van der Waals surface area contributed by atoms with E-state index in [2.05, 4.69) is 25.1 Å². The van der Waals surface area contributed by atoms with Crippen LogP contribution in [-0.4, -0.2) is 13.7 Å². The van der Waals surface area contributed by atoms with Crippen molar-refractivity contribution in [2.24, 2.45) is 11.1 Å². The molecule has 1 aromatic rings. The van der Waals surface area contributed by atoms with E-state index in [4.69, 9.17) is 10.5 Å². The first kappa shape index (κ1) is 10.5. The molecule has 2 heteroatoms. The SMILES string of the molecule is COc1c(C)cccc1CC1(CN)CC1. The zero-order valence-electron chi connectivity index (χ0n) is 9.55. The number of rotatable bonds is 4. The molecule has 1 aromatic carbocycles. The minimum absolute atomic E-state index is 0.376. The van der Waals surface area contributed by atoms with E-state index in [1.165, 1.54) is 24.0 Å². The second-order valence-electron chi connectivity index (χ2n) is 4.65. The van der Waals surface area contributed by atoms with Crippen molar-refractivity contribution in [3.05, 3.63) is 29.3 Å². The third-order valence-corrected chi connectivity index (χ3v) is 3.45. The summed E-state index contributed by atoms with van der Waals surface area (Å²) in [5.74, 6) is 1.04. The predicted octanol–water partition coefficient (Wildman–Crippen LogP) is 2.29. The van der Waals surface area contributed by atoms with Crippen molar-refractivity contribution >= 4 is 0 Å². The minimum Gasteiger partial charge on any atom is -0.496 e. The highest BCUT2D eigenvalue weighted by Gasteiger charge is 2.41. The van der Waals surface area contributed by atoms with Crippen LogP contribution in [0.5, 0.6) is 5.75 Å². The van der Waals surface area contributed by atoms with Crippen LogP contribution in [0.2, 0.25) is 0 Å². The Morgan fingerprint density at radius 2 is 2.13 bits per heavy atom. The van der Waals surface area contributed by atoms with Gasteiger partial charge in [-0.25, -0.2) is 0 Å². The van der Waals surface area contributed by atoms with Crippen molar-refractivity contribution in [2.75, 3.05) is 13.7 Å². The smallest absolute Gasteiger partial charge is 0.124 e. The lowest BCUT2D eigenvalue weighted by molar-refractivity contribution is 0.399. The molecule has 0 atom stereocenters. The van der Waals surface area contributed by atoms with Crippen LogP contribution < -0.4 is 10.5 Å². The molecule has 0 aliphatic heterocycles. The van der Waals surface area contributed by atoms with Crippen LogP contribution in [0.15, 0.2) is 18.2 Å². The van der Waals surface area contributed by atoms with Gasteiger partial charge in [-0.05, 0) is 49.3 Å². The van der Waals surface area contributed by atoms with E-state index in [1.807, 2.05) is 0 Å². The van der Waals surface area contributed by atoms with Gasteiger partial charge in [0.05, 0.1) is 7.11 Å². The molecule has 1 fully saturated rings. The molecule has 82 valence electrons. The lowest BCUT2D eigenvalue weighted by Gasteiger charge is -2.16. The van der Waals surface area contributed by atoms with Crippen LogP contribution in [0.3, 0.4) is 0 Å². The molecular weight excluding hydrogens is 186 g/mol. The maximum absolute atomic E-state index is 5.81. The highest BCUT2D eigenvalue weighted by Crippen LogP contribution is 2.48. The van der Waals surface area contributed by atoms with E-state index in [9.17, 15) is 0 Å². The standard InChI is InChI=1S/C13H19NO/c1-10-4-3-5-11(12(10)15-2)8-13(9-14)6-7-13/h3-5H,6-9,14H2,1-2H3. The fourth-order valence-electron chi connectivity index (χ4n) is 2.18. The van der Waals surface area contributed by atoms with E-state index < -0.39 is 0 Å². The van der Waals surface area contributed by atoms with Gasteiger partial charge >= 0.3 is 0 Å². The minimum atomic E-state index is 0.376. The predicted molar refractivity (Wildman–Crippen MR) is 62.2 cm³/mol. The highest BCUT2D eigenvalue weighted by atomic mass is 16.5. The average Bonchev–Trinajstić information content (AvgIpc) is 2.99. The Labute approximate surface area is 91.4 Å². The van der Waals surface area contributed by atoms with Crippen molar-refractivity contribution in [2.45, 2.75) is 26.2 Å². The van der Waals surface area contributed by atoms with Gasteiger partial charge < -0.3 is 10.5 Å². The number of benzene rings is 1. The largest absolute Gasteiger partial charge is 0.496 e. The Kier molecular flexibility index (Phi) is 2.70. The van der Waals surface area contributed by atoms with Gasteiger partial charge in [0, 0.05) is 0 Å². The Morgan fingerprint density at radius 3 is 2.67 bits per heavy atom. The van der Waals surface area contributed by atoms with Gasteiger partial charge in [-0.1, -0.05) is 18.2 Å². The Morgan fingerprint density at radius 1 is 1.40 bits per heavy atom. The van der Waals surface area contributed by atoms with Gasteiger partial charge in [-0.2, -0.15) is 0 Å². The maximum Gasteiger partial charge on any atom is 0.124 e. The third-order valence-electron chi connectivity index (χ3n) is 3.45. The number of aryl methyl sites for hydroxylation is 1. The molecule has 1 aliphatic carbocycles. The Balaban J connectivity index is 2.24. The summed E-state index contributed by atoms with van der Waals surface area (Å²) in [6.45, 7) is 2.88. The molecule has 1 saturated carbocycles. The number of hydrogen-bond donors (Lipinski definition) is 1. The topological polar surface area (TPSA) is 35.2 Å². The van der Waals surface area contributed by atoms with Gasteiger partial charge in [-0.3, -0.25) is 0 Å². The summed E-state index contributed by atoms with van der Waals surface area (Å²) in [7, 11) is 1.74. The van der Waals surface area contributed by atoms with Crippen LogP contribution in [0.25, 0.3) is 0 Å². The summed E-state index contributed by atoms with van der Waals surface area (Å²) in [6.07, 6.45) is 3.59. The molecule has 0 unspecified atom stereocenters. The molecule has 2 nitrogen and oxygen atoms in total. The van der Waals surface area contributed by atoms with E-state index in [0.717, 1.165) is 18.7 Å². The van der Waals surface area contributed by atoms with Crippen LogP contribution in [0, 0.1) is 12.3 Å². The number of para-hydroxylation sites is 1. The number of hydrogen-bond acceptors (Lipinski definition) is 2. The molecular formula is C13H19NO. The quantitative estimate of drug-likeness (QED) is 0.818. The molecule has 0 bridgehead atoms. The fraction of sp³-hybridized carbons (Fsp3) is 0.538. The molecule has 0 radical (unpaired) electrons. The Bertz CT molecular complexity index is 356. The molecule has 0 spiro atoms.